The van der Waals surface area contributed by atoms with Crippen molar-refractivity contribution >= 4 is 40.5 Å². The highest BCUT2D eigenvalue weighted by atomic mass is 35.5. The number of benzene rings is 2. The van der Waals surface area contributed by atoms with Crippen molar-refractivity contribution in [2.24, 2.45) is 0 Å². The summed E-state index contributed by atoms with van der Waals surface area (Å²) in [4.78, 5) is 22.1. The van der Waals surface area contributed by atoms with Crippen molar-refractivity contribution in [1.29, 1.82) is 0 Å². The molecule has 0 aromatic heterocycles. The number of hydrogen-bond donors (Lipinski definition) is 1. The van der Waals surface area contributed by atoms with Crippen molar-refractivity contribution in [3.05, 3.63) is 61.6 Å². The highest BCUT2D eigenvalue weighted by Gasteiger charge is 2.17. The zero-order valence-electron chi connectivity index (χ0n) is 12.9. The molecule has 0 bridgehead atoms. The van der Waals surface area contributed by atoms with Crippen LogP contribution in [0.2, 0.25) is 10.0 Å². The van der Waals surface area contributed by atoms with E-state index in [1.807, 2.05) is 26.0 Å². The van der Waals surface area contributed by atoms with Crippen molar-refractivity contribution in [1.82, 2.24) is 0 Å². The molecular formula is C16H14Cl2N2O4. The van der Waals surface area contributed by atoms with Gasteiger partial charge in [0.2, 0.25) is 0 Å². The molecule has 24 heavy (non-hydrogen) atoms. The molecule has 2 rings (SSSR count). The van der Waals surface area contributed by atoms with Gasteiger partial charge in [-0.15, -0.1) is 0 Å². The molecule has 1 amide bonds. The van der Waals surface area contributed by atoms with Gasteiger partial charge in [0.1, 0.15) is 10.8 Å². The molecule has 0 aliphatic heterocycles. The lowest BCUT2D eigenvalue weighted by Gasteiger charge is -2.10. The number of nitrogens with zero attached hydrogens (tertiary/aromatic N) is 1. The third-order valence-electron chi connectivity index (χ3n) is 3.36. The van der Waals surface area contributed by atoms with E-state index in [1.54, 1.807) is 6.07 Å². The Morgan fingerprint density at radius 1 is 1.17 bits per heavy atom. The second-order valence-corrected chi connectivity index (χ2v) is 5.94. The van der Waals surface area contributed by atoms with Gasteiger partial charge in [0.05, 0.1) is 15.6 Å². The van der Waals surface area contributed by atoms with Gasteiger partial charge >= 0.3 is 0 Å². The summed E-state index contributed by atoms with van der Waals surface area (Å²) >= 11 is 11.7. The predicted molar refractivity (Wildman–Crippen MR) is 93.2 cm³/mol. The fourth-order valence-corrected chi connectivity index (χ4v) is 2.35. The maximum atomic E-state index is 11.9. The number of nitro groups is 1. The first-order valence-corrected chi connectivity index (χ1v) is 7.67. The van der Waals surface area contributed by atoms with Gasteiger partial charge in [0.15, 0.2) is 6.61 Å². The maximum Gasteiger partial charge on any atom is 0.289 e. The second kappa shape index (κ2) is 7.51. The Balaban J connectivity index is 2.03. The van der Waals surface area contributed by atoms with E-state index < -0.39 is 10.8 Å². The van der Waals surface area contributed by atoms with Crippen molar-refractivity contribution < 1.29 is 14.5 Å². The quantitative estimate of drug-likeness (QED) is 0.620. The van der Waals surface area contributed by atoms with Crippen LogP contribution in [0.25, 0.3) is 0 Å². The molecule has 1 N–H and O–H groups in total. The van der Waals surface area contributed by atoms with Crippen LogP contribution < -0.4 is 10.1 Å². The minimum atomic E-state index is -0.650. The fourth-order valence-electron chi connectivity index (χ4n) is 1.91. The van der Waals surface area contributed by atoms with Crippen LogP contribution in [-0.4, -0.2) is 17.4 Å². The normalized spacial score (nSPS) is 10.3. The first-order valence-electron chi connectivity index (χ1n) is 6.91. The number of rotatable bonds is 5. The molecule has 0 fully saturated rings. The first-order chi connectivity index (χ1) is 11.3. The van der Waals surface area contributed by atoms with E-state index in [0.29, 0.717) is 5.75 Å². The van der Waals surface area contributed by atoms with Crippen LogP contribution in [0, 0.1) is 24.0 Å². The van der Waals surface area contributed by atoms with Gasteiger partial charge < -0.3 is 10.1 Å². The third-order valence-corrected chi connectivity index (χ3v) is 3.97. The van der Waals surface area contributed by atoms with Gasteiger partial charge in [-0.2, -0.15) is 0 Å². The molecule has 0 radical (unpaired) electrons. The number of halogens is 2. The number of ether oxygens (including phenoxy) is 1. The Morgan fingerprint density at radius 3 is 2.50 bits per heavy atom. The van der Waals surface area contributed by atoms with Gasteiger partial charge in [0.25, 0.3) is 11.6 Å². The lowest BCUT2D eigenvalue weighted by atomic mass is 10.1. The lowest BCUT2D eigenvalue weighted by molar-refractivity contribution is -0.384. The first kappa shape index (κ1) is 18.0. The molecule has 6 nitrogen and oxygen atoms in total. The van der Waals surface area contributed by atoms with Crippen LogP contribution in [0.5, 0.6) is 5.75 Å². The fraction of sp³-hybridized carbons (Fsp3) is 0.188. The predicted octanol–water partition coefficient (Wildman–Crippen LogP) is 4.54. The molecule has 2 aromatic carbocycles. The summed E-state index contributed by atoms with van der Waals surface area (Å²) < 4.78 is 5.41. The summed E-state index contributed by atoms with van der Waals surface area (Å²) in [5.41, 5.74) is 2.03. The van der Waals surface area contributed by atoms with Crippen molar-refractivity contribution in [2.75, 3.05) is 11.9 Å². The molecule has 0 spiro atoms. The van der Waals surface area contributed by atoms with Crippen molar-refractivity contribution in [3.8, 4) is 5.75 Å². The van der Waals surface area contributed by atoms with Crippen LogP contribution >= 0.6 is 23.2 Å². The van der Waals surface area contributed by atoms with Gasteiger partial charge in [0, 0.05) is 6.07 Å². The topological polar surface area (TPSA) is 81.5 Å². The average Bonchev–Trinajstić information content (AvgIpc) is 2.51. The molecule has 0 atom stereocenters. The van der Waals surface area contributed by atoms with Crippen LogP contribution in [0.15, 0.2) is 30.3 Å². The number of nitrogens with one attached hydrogen (secondary N) is 1. The van der Waals surface area contributed by atoms with E-state index in [-0.39, 0.29) is 28.0 Å². The van der Waals surface area contributed by atoms with Crippen LogP contribution in [0.1, 0.15) is 11.1 Å². The van der Waals surface area contributed by atoms with E-state index >= 15 is 0 Å². The highest BCUT2D eigenvalue weighted by Crippen LogP contribution is 2.33. The number of aryl methyl sites for hydroxylation is 2. The number of carbonyl (C=O) groups is 1. The molecular weight excluding hydrogens is 355 g/mol. The Hall–Kier alpha value is -2.31. The van der Waals surface area contributed by atoms with Gasteiger partial charge in [-0.1, -0.05) is 29.3 Å². The number of amides is 1. The summed E-state index contributed by atoms with van der Waals surface area (Å²) in [5, 5.41) is 13.2. The molecule has 0 unspecified atom stereocenters. The molecule has 0 aliphatic rings. The van der Waals surface area contributed by atoms with E-state index in [2.05, 4.69) is 5.32 Å². The standard InChI is InChI=1S/C16H14Cl2N2O4/c1-9-3-4-11(5-10(9)2)24-8-16(21)19-14-6-13(18)15(20(22)23)7-12(14)17/h3-7H,8H2,1-2H3,(H,19,21). The van der Waals surface area contributed by atoms with Crippen LogP contribution in [-0.2, 0) is 4.79 Å². The van der Waals surface area contributed by atoms with E-state index in [9.17, 15) is 14.9 Å². The minimum absolute atomic E-state index is 0.0191. The van der Waals surface area contributed by atoms with Crippen LogP contribution in [0.3, 0.4) is 0 Å². The molecule has 0 aliphatic carbocycles. The third kappa shape index (κ3) is 4.37. The Kier molecular flexibility index (Phi) is 5.64. The molecule has 2 aromatic rings. The Morgan fingerprint density at radius 2 is 1.88 bits per heavy atom. The van der Waals surface area contributed by atoms with Crippen molar-refractivity contribution in [3.63, 3.8) is 0 Å². The molecule has 8 heteroatoms. The smallest absolute Gasteiger partial charge is 0.289 e. The molecule has 0 saturated carbocycles. The van der Waals surface area contributed by atoms with Crippen LogP contribution in [0.4, 0.5) is 11.4 Å². The summed E-state index contributed by atoms with van der Waals surface area (Å²) in [5.74, 6) is 0.112. The highest BCUT2D eigenvalue weighted by molar-refractivity contribution is 6.37. The van der Waals surface area contributed by atoms with Gasteiger partial charge in [-0.25, -0.2) is 0 Å². The lowest BCUT2D eigenvalue weighted by Crippen LogP contribution is -2.20. The SMILES string of the molecule is Cc1ccc(OCC(=O)Nc2cc(Cl)c([N+](=O)[O-])cc2Cl)cc1C. The summed E-state index contributed by atoms with van der Waals surface area (Å²) in [6, 6.07) is 7.82. The van der Waals surface area contributed by atoms with Crippen molar-refractivity contribution in [2.45, 2.75) is 13.8 Å². The second-order valence-electron chi connectivity index (χ2n) is 5.12. The van der Waals surface area contributed by atoms with E-state index in [0.717, 1.165) is 17.2 Å². The summed E-state index contributed by atoms with van der Waals surface area (Å²) in [7, 11) is 0. The Labute approximate surface area is 148 Å². The number of carbonyl (C=O) groups excluding carboxylic acids is 1. The molecule has 126 valence electrons. The zero-order valence-corrected chi connectivity index (χ0v) is 14.4. The van der Waals surface area contributed by atoms with E-state index in [4.69, 9.17) is 27.9 Å². The summed E-state index contributed by atoms with van der Waals surface area (Å²) in [6.45, 7) is 3.69. The minimum Gasteiger partial charge on any atom is -0.484 e. The number of hydrogen-bond acceptors (Lipinski definition) is 4. The van der Waals surface area contributed by atoms with E-state index in [1.165, 1.54) is 6.07 Å². The monoisotopic (exact) mass is 368 g/mol. The molecule has 0 heterocycles. The number of nitro benzene ring substituents is 1. The molecule has 0 saturated heterocycles. The summed E-state index contributed by atoms with van der Waals surface area (Å²) in [6.07, 6.45) is 0. The van der Waals surface area contributed by atoms with Gasteiger partial charge in [-0.05, 0) is 43.2 Å². The maximum absolute atomic E-state index is 11.9. The largest absolute Gasteiger partial charge is 0.484 e. The zero-order chi connectivity index (χ0) is 17.9. The number of anilines is 1. The average molecular weight is 369 g/mol. The Bertz CT molecular complexity index is 809. The van der Waals surface area contributed by atoms with Gasteiger partial charge in [-0.3, -0.25) is 14.9 Å².